The molecule has 0 fully saturated rings. The summed E-state index contributed by atoms with van der Waals surface area (Å²) in [5, 5.41) is 2.87. The summed E-state index contributed by atoms with van der Waals surface area (Å²) in [6.07, 6.45) is 0.724. The fourth-order valence-electron chi connectivity index (χ4n) is 2.67. The number of benzene rings is 2. The Balaban J connectivity index is 2.04. The van der Waals surface area contributed by atoms with E-state index in [1.165, 1.54) is 0 Å². The minimum atomic E-state index is -0.315. The van der Waals surface area contributed by atoms with Gasteiger partial charge in [0.05, 0.1) is 26.9 Å². The highest BCUT2D eigenvalue weighted by Crippen LogP contribution is 2.30. The predicted octanol–water partition coefficient (Wildman–Crippen LogP) is 3.17. The molecule has 28 heavy (non-hydrogen) atoms. The van der Waals surface area contributed by atoms with Crippen LogP contribution in [-0.2, 0) is 4.79 Å². The van der Waals surface area contributed by atoms with Gasteiger partial charge < -0.3 is 24.3 Å². The number of hydrogen-bond acceptors (Lipinski definition) is 6. The largest absolute Gasteiger partial charge is 0.497 e. The van der Waals surface area contributed by atoms with Gasteiger partial charge in [-0.15, -0.1) is 0 Å². The second kappa shape index (κ2) is 10.2. The summed E-state index contributed by atoms with van der Waals surface area (Å²) in [6, 6.07) is 9.87. The van der Waals surface area contributed by atoms with Crippen LogP contribution in [0.4, 0.5) is 0 Å². The van der Waals surface area contributed by atoms with Crippen molar-refractivity contribution in [3.63, 3.8) is 0 Å². The van der Waals surface area contributed by atoms with Crippen molar-refractivity contribution >= 4 is 12.2 Å². The zero-order chi connectivity index (χ0) is 20.5. The van der Waals surface area contributed by atoms with Crippen LogP contribution in [0.25, 0.3) is 0 Å². The summed E-state index contributed by atoms with van der Waals surface area (Å²) in [7, 11) is 3.15. The maximum absolute atomic E-state index is 12.3. The molecule has 2 rings (SSSR count). The van der Waals surface area contributed by atoms with Gasteiger partial charge in [0.2, 0.25) is 0 Å². The minimum Gasteiger partial charge on any atom is -0.497 e. The minimum absolute atomic E-state index is 0.197. The summed E-state index contributed by atoms with van der Waals surface area (Å²) >= 11 is 0. The van der Waals surface area contributed by atoms with E-state index in [1.807, 2.05) is 19.9 Å². The highest BCUT2D eigenvalue weighted by molar-refractivity contribution is 5.79. The molecule has 0 saturated carbocycles. The van der Waals surface area contributed by atoms with E-state index in [4.69, 9.17) is 18.9 Å². The van der Waals surface area contributed by atoms with Crippen molar-refractivity contribution in [1.29, 1.82) is 0 Å². The molecule has 0 saturated heterocycles. The van der Waals surface area contributed by atoms with Crippen molar-refractivity contribution in [2.45, 2.75) is 19.9 Å². The first-order chi connectivity index (χ1) is 13.5. The summed E-state index contributed by atoms with van der Waals surface area (Å²) in [5.41, 5.74) is 1.26. The van der Waals surface area contributed by atoms with Crippen LogP contribution >= 0.6 is 0 Å². The number of amides is 1. The molecule has 0 spiro atoms. The topological polar surface area (TPSA) is 83.1 Å². The van der Waals surface area contributed by atoms with E-state index >= 15 is 0 Å². The smallest absolute Gasteiger partial charge is 0.258 e. The van der Waals surface area contributed by atoms with Crippen molar-refractivity contribution in [3.05, 3.63) is 47.5 Å². The summed E-state index contributed by atoms with van der Waals surface area (Å²) in [6.45, 7) is 3.89. The molecule has 1 N–H and O–H groups in total. The lowest BCUT2D eigenvalue weighted by Crippen LogP contribution is -2.31. The van der Waals surface area contributed by atoms with Crippen molar-refractivity contribution in [1.82, 2.24) is 5.32 Å². The average molecular weight is 387 g/mol. The van der Waals surface area contributed by atoms with Gasteiger partial charge in [0, 0.05) is 11.1 Å². The highest BCUT2D eigenvalue weighted by Gasteiger charge is 2.16. The van der Waals surface area contributed by atoms with Crippen LogP contribution in [0.3, 0.4) is 0 Å². The summed E-state index contributed by atoms with van der Waals surface area (Å²) in [4.78, 5) is 23.3. The zero-order valence-electron chi connectivity index (χ0n) is 16.5. The second-order valence-corrected chi connectivity index (χ2v) is 5.94. The molecule has 0 aliphatic carbocycles. The van der Waals surface area contributed by atoms with Crippen LogP contribution in [0.15, 0.2) is 36.4 Å². The van der Waals surface area contributed by atoms with Gasteiger partial charge in [0.25, 0.3) is 5.91 Å². The summed E-state index contributed by atoms with van der Waals surface area (Å²) < 4.78 is 21.6. The molecule has 0 aliphatic rings. The molecule has 7 nitrogen and oxygen atoms in total. The van der Waals surface area contributed by atoms with Crippen LogP contribution in [0, 0.1) is 0 Å². The Morgan fingerprint density at radius 2 is 1.79 bits per heavy atom. The molecular formula is C21H25NO6. The lowest BCUT2D eigenvalue weighted by Gasteiger charge is -2.19. The van der Waals surface area contributed by atoms with Gasteiger partial charge in [-0.3, -0.25) is 9.59 Å². The van der Waals surface area contributed by atoms with E-state index in [2.05, 4.69) is 5.32 Å². The molecule has 0 heterocycles. The van der Waals surface area contributed by atoms with Crippen molar-refractivity contribution in [2.75, 3.05) is 27.4 Å². The van der Waals surface area contributed by atoms with E-state index in [9.17, 15) is 9.59 Å². The number of rotatable bonds is 10. The molecule has 2 aromatic rings. The van der Waals surface area contributed by atoms with Gasteiger partial charge in [-0.2, -0.15) is 0 Å². The molecule has 0 unspecified atom stereocenters. The number of ether oxygens (including phenoxy) is 4. The van der Waals surface area contributed by atoms with E-state index in [1.54, 1.807) is 44.6 Å². The molecule has 0 bridgehead atoms. The number of nitrogens with one attached hydrogen (secondary N) is 1. The molecule has 0 aliphatic heterocycles. The van der Waals surface area contributed by atoms with Gasteiger partial charge in [-0.25, -0.2) is 0 Å². The normalized spacial score (nSPS) is 11.3. The lowest BCUT2D eigenvalue weighted by molar-refractivity contribution is -0.123. The monoisotopic (exact) mass is 387 g/mol. The average Bonchev–Trinajstić information content (AvgIpc) is 2.72. The Morgan fingerprint density at radius 1 is 1.04 bits per heavy atom. The SMILES string of the molecule is CCOc1cc(C=O)ccc1OCC(=O)N[C@H](C)c1cc(OC)ccc1OC. The van der Waals surface area contributed by atoms with Gasteiger partial charge in [0.1, 0.15) is 17.8 Å². The molecule has 0 radical (unpaired) electrons. The first-order valence-corrected chi connectivity index (χ1v) is 8.88. The molecular weight excluding hydrogens is 362 g/mol. The molecule has 1 amide bonds. The van der Waals surface area contributed by atoms with Crippen LogP contribution in [0.5, 0.6) is 23.0 Å². The highest BCUT2D eigenvalue weighted by atomic mass is 16.5. The third kappa shape index (κ3) is 5.39. The number of aldehydes is 1. The maximum atomic E-state index is 12.3. The predicted molar refractivity (Wildman–Crippen MR) is 105 cm³/mol. The van der Waals surface area contributed by atoms with Crippen molar-refractivity contribution in [3.8, 4) is 23.0 Å². The fraction of sp³-hybridized carbons (Fsp3) is 0.333. The van der Waals surface area contributed by atoms with E-state index in [-0.39, 0.29) is 18.6 Å². The van der Waals surface area contributed by atoms with Crippen LogP contribution in [0.2, 0.25) is 0 Å². The number of hydrogen-bond donors (Lipinski definition) is 1. The molecule has 2 aromatic carbocycles. The van der Waals surface area contributed by atoms with Crippen molar-refractivity contribution in [2.24, 2.45) is 0 Å². The van der Waals surface area contributed by atoms with Gasteiger partial charge in [0.15, 0.2) is 18.1 Å². The maximum Gasteiger partial charge on any atom is 0.258 e. The summed E-state index contributed by atoms with van der Waals surface area (Å²) in [5.74, 6) is 1.83. The van der Waals surface area contributed by atoms with E-state index < -0.39 is 0 Å². The fourth-order valence-corrected chi connectivity index (χ4v) is 2.67. The molecule has 0 aromatic heterocycles. The molecule has 150 valence electrons. The Bertz CT molecular complexity index is 821. The number of carbonyl (C=O) groups is 2. The third-order valence-electron chi connectivity index (χ3n) is 4.04. The Hall–Kier alpha value is -3.22. The zero-order valence-corrected chi connectivity index (χ0v) is 16.5. The Morgan fingerprint density at radius 3 is 2.43 bits per heavy atom. The Labute approximate surface area is 164 Å². The number of methoxy groups -OCH3 is 2. The van der Waals surface area contributed by atoms with Crippen LogP contribution < -0.4 is 24.3 Å². The second-order valence-electron chi connectivity index (χ2n) is 5.94. The van der Waals surface area contributed by atoms with E-state index in [0.29, 0.717) is 35.2 Å². The molecule has 1 atom stereocenters. The van der Waals surface area contributed by atoms with E-state index in [0.717, 1.165) is 11.8 Å². The van der Waals surface area contributed by atoms with Gasteiger partial charge in [-0.1, -0.05) is 0 Å². The number of carbonyl (C=O) groups excluding carboxylic acids is 2. The van der Waals surface area contributed by atoms with Crippen LogP contribution in [-0.4, -0.2) is 39.6 Å². The van der Waals surface area contributed by atoms with Crippen molar-refractivity contribution < 1.29 is 28.5 Å². The quantitative estimate of drug-likeness (QED) is 0.631. The molecule has 7 heteroatoms. The lowest BCUT2D eigenvalue weighted by atomic mass is 10.1. The van der Waals surface area contributed by atoms with Gasteiger partial charge in [-0.05, 0) is 50.2 Å². The van der Waals surface area contributed by atoms with Gasteiger partial charge >= 0.3 is 0 Å². The Kier molecular flexibility index (Phi) is 7.68. The standard InChI is InChI=1S/C21H25NO6/c1-5-27-20-10-15(12-23)6-8-19(20)28-13-21(24)22-14(2)17-11-16(25-3)7-9-18(17)26-4/h6-12,14H,5,13H2,1-4H3,(H,22,24)/t14-/m1/s1. The third-order valence-corrected chi connectivity index (χ3v) is 4.04. The first kappa shape index (κ1) is 21.1. The first-order valence-electron chi connectivity index (χ1n) is 8.88. The van der Waals surface area contributed by atoms with Crippen LogP contribution in [0.1, 0.15) is 35.8 Å².